The molecule has 0 bridgehead atoms. The van der Waals surface area contributed by atoms with Crippen molar-refractivity contribution in [3.63, 3.8) is 0 Å². The summed E-state index contributed by atoms with van der Waals surface area (Å²) in [6.07, 6.45) is -1.28. The Morgan fingerprint density at radius 3 is 1.27 bits per heavy atom. The zero-order chi connectivity index (χ0) is 20.8. The van der Waals surface area contributed by atoms with Gasteiger partial charge in [-0.1, -0.05) is 109 Å². The topological polar surface area (TPSA) is 52.4 Å². The third-order valence-electron chi connectivity index (χ3n) is 5.11. The number of hydrogen-bond acceptors (Lipinski definition) is 3. The van der Waals surface area contributed by atoms with Crippen LogP contribution in [0, 0.1) is 10.1 Å². The highest BCUT2D eigenvalue weighted by Crippen LogP contribution is 2.23. The molecule has 5 heteroatoms. The van der Waals surface area contributed by atoms with E-state index in [1.807, 2.05) is 97.1 Å². The Balaban J connectivity index is 1.98. The summed E-state index contributed by atoms with van der Waals surface area (Å²) in [5.74, 6) is 0. The van der Waals surface area contributed by atoms with Crippen LogP contribution in [0.5, 0.6) is 0 Å². The SMILES string of the molecule is O=[N+]([O-])C(O[Si](c1ccccc1)(c1ccccc1)c1ccccc1)c1ccccc1. The fraction of sp³-hybridized carbons (Fsp3) is 0.0400. The fourth-order valence-corrected chi connectivity index (χ4v) is 7.69. The molecule has 0 fully saturated rings. The van der Waals surface area contributed by atoms with Crippen LogP contribution in [0.2, 0.25) is 0 Å². The summed E-state index contributed by atoms with van der Waals surface area (Å²) in [5, 5.41) is 15.1. The van der Waals surface area contributed by atoms with E-state index in [4.69, 9.17) is 4.43 Å². The van der Waals surface area contributed by atoms with E-state index in [0.717, 1.165) is 15.6 Å². The van der Waals surface area contributed by atoms with Gasteiger partial charge in [0.05, 0.1) is 10.5 Å². The maximum atomic E-state index is 12.2. The van der Waals surface area contributed by atoms with E-state index in [0.29, 0.717) is 5.56 Å². The van der Waals surface area contributed by atoms with Crippen molar-refractivity contribution in [2.24, 2.45) is 0 Å². The Morgan fingerprint density at radius 2 is 0.933 bits per heavy atom. The van der Waals surface area contributed by atoms with Crippen LogP contribution < -0.4 is 15.6 Å². The van der Waals surface area contributed by atoms with Crippen molar-refractivity contribution in [3.8, 4) is 0 Å². The van der Waals surface area contributed by atoms with Crippen molar-refractivity contribution in [1.29, 1.82) is 0 Å². The number of hydrogen-bond donors (Lipinski definition) is 0. The number of nitrogens with zero attached hydrogens (tertiary/aromatic N) is 1. The van der Waals surface area contributed by atoms with Gasteiger partial charge in [-0.05, 0) is 27.7 Å². The van der Waals surface area contributed by atoms with Crippen molar-refractivity contribution < 1.29 is 9.35 Å². The molecule has 4 aromatic rings. The lowest BCUT2D eigenvalue weighted by Gasteiger charge is -2.33. The molecule has 1 unspecified atom stereocenters. The van der Waals surface area contributed by atoms with Gasteiger partial charge in [0, 0.05) is 0 Å². The van der Waals surface area contributed by atoms with Crippen molar-refractivity contribution in [2.75, 3.05) is 0 Å². The lowest BCUT2D eigenvalue weighted by molar-refractivity contribution is -0.572. The molecule has 0 aliphatic carbocycles. The van der Waals surface area contributed by atoms with E-state index in [1.165, 1.54) is 0 Å². The molecule has 0 aromatic heterocycles. The maximum Gasteiger partial charge on any atom is 0.334 e. The molecule has 30 heavy (non-hydrogen) atoms. The maximum absolute atomic E-state index is 12.2. The monoisotopic (exact) mass is 411 g/mol. The standard InChI is InChI=1S/C25H21NO3Si/c27-26(28)25(21-13-5-1-6-14-21)29-30(22-15-7-2-8-16-22,23-17-9-3-10-18-23)24-19-11-4-12-20-24/h1-20,25H. The van der Waals surface area contributed by atoms with Crippen LogP contribution in [0.1, 0.15) is 11.8 Å². The quantitative estimate of drug-likeness (QED) is 0.153. The molecule has 1 atom stereocenters. The summed E-state index contributed by atoms with van der Waals surface area (Å²) in [6, 6.07) is 38.5. The third kappa shape index (κ3) is 3.81. The molecule has 0 saturated carbocycles. The van der Waals surface area contributed by atoms with Crippen LogP contribution in [0.3, 0.4) is 0 Å². The predicted molar refractivity (Wildman–Crippen MR) is 121 cm³/mol. The van der Waals surface area contributed by atoms with Crippen molar-refractivity contribution in [2.45, 2.75) is 6.23 Å². The highest BCUT2D eigenvalue weighted by Gasteiger charge is 2.47. The lowest BCUT2D eigenvalue weighted by atomic mass is 10.2. The molecule has 0 saturated heterocycles. The average molecular weight is 412 g/mol. The largest absolute Gasteiger partial charge is 0.341 e. The molecule has 4 aromatic carbocycles. The molecule has 0 N–H and O–H groups in total. The Labute approximate surface area is 176 Å². The first-order chi connectivity index (χ1) is 14.7. The van der Waals surface area contributed by atoms with Gasteiger partial charge in [-0.2, -0.15) is 0 Å². The molecule has 0 heterocycles. The molecule has 4 rings (SSSR count). The zero-order valence-electron chi connectivity index (χ0n) is 16.3. The first-order valence-corrected chi connectivity index (χ1v) is 11.7. The number of rotatable bonds is 7. The van der Waals surface area contributed by atoms with Crippen LogP contribution in [-0.2, 0) is 4.43 Å². The average Bonchev–Trinajstić information content (AvgIpc) is 2.82. The lowest BCUT2D eigenvalue weighted by Crippen LogP contribution is -2.70. The highest BCUT2D eigenvalue weighted by molar-refractivity contribution is 7.07. The minimum atomic E-state index is -3.17. The van der Waals surface area contributed by atoms with E-state index >= 15 is 0 Å². The van der Waals surface area contributed by atoms with Gasteiger partial charge in [-0.25, -0.2) is 0 Å². The predicted octanol–water partition coefficient (Wildman–Crippen LogP) is 3.65. The van der Waals surface area contributed by atoms with Crippen LogP contribution >= 0.6 is 0 Å². The third-order valence-corrected chi connectivity index (χ3v) is 9.12. The van der Waals surface area contributed by atoms with Crippen LogP contribution in [0.15, 0.2) is 121 Å². The van der Waals surface area contributed by atoms with Crippen molar-refractivity contribution in [1.82, 2.24) is 0 Å². The molecular formula is C25H21NO3Si. The summed E-state index contributed by atoms with van der Waals surface area (Å²) in [4.78, 5) is 11.8. The van der Waals surface area contributed by atoms with Gasteiger partial charge in [0.2, 0.25) is 0 Å². The molecule has 0 radical (unpaired) electrons. The first-order valence-electron chi connectivity index (χ1n) is 9.74. The van der Waals surface area contributed by atoms with E-state index in [2.05, 4.69) is 0 Å². The Kier molecular flexibility index (Phi) is 5.84. The van der Waals surface area contributed by atoms with Gasteiger partial charge in [0.1, 0.15) is 0 Å². The van der Waals surface area contributed by atoms with E-state index < -0.39 is 14.5 Å². The summed E-state index contributed by atoms with van der Waals surface area (Å²) >= 11 is 0. The summed E-state index contributed by atoms with van der Waals surface area (Å²) in [6.45, 7) is 0. The Hall–Kier alpha value is -3.54. The van der Waals surface area contributed by atoms with Crippen molar-refractivity contribution >= 4 is 23.9 Å². The first kappa shape index (κ1) is 19.8. The minimum absolute atomic E-state index is 0.341. The van der Waals surface area contributed by atoms with E-state index in [1.54, 1.807) is 24.3 Å². The summed E-state index contributed by atoms with van der Waals surface area (Å²) in [7, 11) is -3.17. The molecule has 0 amide bonds. The molecular weight excluding hydrogens is 390 g/mol. The summed E-state index contributed by atoms with van der Waals surface area (Å²) in [5.41, 5.74) is 0.530. The molecule has 0 spiro atoms. The molecule has 148 valence electrons. The molecule has 4 nitrogen and oxygen atoms in total. The van der Waals surface area contributed by atoms with Crippen LogP contribution in [0.25, 0.3) is 0 Å². The summed E-state index contributed by atoms with van der Waals surface area (Å²) < 4.78 is 6.68. The Morgan fingerprint density at radius 1 is 0.600 bits per heavy atom. The fourth-order valence-electron chi connectivity index (χ4n) is 3.74. The van der Waals surface area contributed by atoms with E-state index in [-0.39, 0.29) is 4.92 Å². The van der Waals surface area contributed by atoms with Gasteiger partial charge in [0.25, 0.3) is 8.32 Å². The van der Waals surface area contributed by atoms with Gasteiger partial charge in [-0.15, -0.1) is 0 Å². The van der Waals surface area contributed by atoms with Gasteiger partial charge in [-0.3, -0.25) is 10.1 Å². The Bertz CT molecular complexity index is 994. The second-order valence-electron chi connectivity index (χ2n) is 6.95. The second-order valence-corrected chi connectivity index (χ2v) is 10.3. The zero-order valence-corrected chi connectivity index (χ0v) is 17.3. The second kappa shape index (κ2) is 8.86. The van der Waals surface area contributed by atoms with Crippen LogP contribution in [0.4, 0.5) is 0 Å². The van der Waals surface area contributed by atoms with Crippen molar-refractivity contribution in [3.05, 3.63) is 137 Å². The minimum Gasteiger partial charge on any atom is -0.341 e. The number of nitro groups is 1. The smallest absolute Gasteiger partial charge is 0.334 e. The van der Waals surface area contributed by atoms with Gasteiger partial charge < -0.3 is 4.43 Å². The highest BCUT2D eigenvalue weighted by atomic mass is 28.4. The van der Waals surface area contributed by atoms with Gasteiger partial charge >= 0.3 is 6.23 Å². The van der Waals surface area contributed by atoms with Gasteiger partial charge in [0.15, 0.2) is 0 Å². The molecule has 0 aliphatic heterocycles. The number of benzene rings is 4. The normalized spacial score (nSPS) is 12.3. The van der Waals surface area contributed by atoms with Crippen LogP contribution in [-0.4, -0.2) is 13.2 Å². The molecule has 0 aliphatic rings. The van der Waals surface area contributed by atoms with E-state index in [9.17, 15) is 10.1 Å².